The lowest BCUT2D eigenvalue weighted by Crippen LogP contribution is -2.26. The molecule has 0 spiro atoms. The Kier molecular flexibility index (Phi) is 6.52. The predicted octanol–water partition coefficient (Wildman–Crippen LogP) is 7.22. The molecule has 0 aliphatic heterocycles. The summed E-state index contributed by atoms with van der Waals surface area (Å²) in [4.78, 5) is 0. The third-order valence-corrected chi connectivity index (χ3v) is 7.09. The lowest BCUT2D eigenvalue weighted by molar-refractivity contribution is 0.184. The number of benzene rings is 2. The van der Waals surface area contributed by atoms with Crippen LogP contribution >= 0.6 is 0 Å². The quantitative estimate of drug-likeness (QED) is 0.469. The Morgan fingerprint density at radius 1 is 0.833 bits per heavy atom. The van der Waals surface area contributed by atoms with Crippen LogP contribution in [-0.2, 0) is 12.8 Å². The third-order valence-electron chi connectivity index (χ3n) is 7.09. The van der Waals surface area contributed by atoms with Gasteiger partial charge in [0.15, 0.2) is 11.6 Å². The van der Waals surface area contributed by atoms with E-state index in [2.05, 4.69) is 18.8 Å². The maximum atomic E-state index is 14.7. The second-order valence-corrected chi connectivity index (χ2v) is 9.02. The first kappa shape index (κ1) is 21.0. The van der Waals surface area contributed by atoms with Crippen molar-refractivity contribution in [2.75, 3.05) is 0 Å². The summed E-state index contributed by atoms with van der Waals surface area (Å²) in [6, 6.07) is 7.29. The molecule has 0 nitrogen and oxygen atoms in total. The maximum absolute atomic E-state index is 14.7. The van der Waals surface area contributed by atoms with Crippen molar-refractivity contribution in [3.8, 4) is 11.8 Å². The minimum absolute atomic E-state index is 0.0501. The summed E-state index contributed by atoms with van der Waals surface area (Å²) in [5, 5.41) is 0. The molecule has 1 fully saturated rings. The van der Waals surface area contributed by atoms with E-state index in [-0.39, 0.29) is 16.9 Å². The minimum atomic E-state index is -0.986. The number of rotatable bonds is 3. The van der Waals surface area contributed by atoms with E-state index in [1.807, 2.05) is 6.07 Å². The Hall–Kier alpha value is -2.21. The standard InChI is InChI=1S/C27H29F3/c1-2-4-18-7-9-19(10-8-18)21-12-13-22-15-23(26(29)17-24(22)16-21)14-11-20-5-3-6-25(28)27(20)30/h3,5-6,15,17-19,21H,2,4,7-10,12-13,16H2,1H3. The molecule has 0 radical (unpaired) electrons. The summed E-state index contributed by atoms with van der Waals surface area (Å²) in [5.74, 6) is 5.32. The fraction of sp³-hybridized carbons (Fsp3) is 0.481. The molecule has 0 aromatic heterocycles. The van der Waals surface area contributed by atoms with Gasteiger partial charge in [0.25, 0.3) is 0 Å². The summed E-state index contributed by atoms with van der Waals surface area (Å²) in [6.07, 6.45) is 11.0. The van der Waals surface area contributed by atoms with Crippen molar-refractivity contribution < 1.29 is 13.2 Å². The van der Waals surface area contributed by atoms with Crippen molar-refractivity contribution in [1.82, 2.24) is 0 Å². The fourth-order valence-electron chi connectivity index (χ4n) is 5.40. The number of hydrogen-bond acceptors (Lipinski definition) is 0. The second kappa shape index (κ2) is 9.29. The van der Waals surface area contributed by atoms with E-state index < -0.39 is 11.6 Å². The summed E-state index contributed by atoms with van der Waals surface area (Å²) >= 11 is 0. The average Bonchev–Trinajstić information content (AvgIpc) is 2.75. The maximum Gasteiger partial charge on any atom is 0.174 e. The Balaban J connectivity index is 1.47. The molecule has 1 unspecified atom stereocenters. The van der Waals surface area contributed by atoms with Crippen LogP contribution in [0, 0.1) is 47.0 Å². The molecule has 0 saturated heterocycles. The van der Waals surface area contributed by atoms with Crippen molar-refractivity contribution in [3.05, 3.63) is 70.0 Å². The van der Waals surface area contributed by atoms with E-state index in [1.165, 1.54) is 50.7 Å². The number of fused-ring (bicyclic) bond motifs is 1. The van der Waals surface area contributed by atoms with Gasteiger partial charge in [-0.1, -0.05) is 50.5 Å². The van der Waals surface area contributed by atoms with E-state index in [1.54, 1.807) is 6.07 Å². The monoisotopic (exact) mass is 410 g/mol. The molecular formula is C27H29F3. The molecule has 1 saturated carbocycles. The van der Waals surface area contributed by atoms with Gasteiger partial charge in [0.05, 0.1) is 11.1 Å². The molecule has 2 aromatic carbocycles. The molecule has 0 amide bonds. The largest absolute Gasteiger partial charge is 0.206 e. The molecule has 30 heavy (non-hydrogen) atoms. The first-order chi connectivity index (χ1) is 14.5. The summed E-state index contributed by atoms with van der Waals surface area (Å²) in [6.45, 7) is 2.27. The molecule has 2 aliphatic rings. The van der Waals surface area contributed by atoms with E-state index in [0.29, 0.717) is 5.92 Å². The molecule has 0 N–H and O–H groups in total. The highest BCUT2D eigenvalue weighted by Gasteiger charge is 2.30. The second-order valence-electron chi connectivity index (χ2n) is 9.02. The highest BCUT2D eigenvalue weighted by atomic mass is 19.2. The highest BCUT2D eigenvalue weighted by Crippen LogP contribution is 2.40. The van der Waals surface area contributed by atoms with Crippen LogP contribution in [-0.4, -0.2) is 0 Å². The molecule has 2 aromatic rings. The van der Waals surface area contributed by atoms with Gasteiger partial charge in [0, 0.05) is 0 Å². The molecule has 3 heteroatoms. The van der Waals surface area contributed by atoms with Gasteiger partial charge in [0.2, 0.25) is 0 Å². The van der Waals surface area contributed by atoms with E-state index in [0.717, 1.165) is 48.3 Å². The van der Waals surface area contributed by atoms with Crippen molar-refractivity contribution in [1.29, 1.82) is 0 Å². The Bertz CT molecular complexity index is 958. The minimum Gasteiger partial charge on any atom is -0.206 e. The van der Waals surface area contributed by atoms with Crippen molar-refractivity contribution in [2.45, 2.75) is 64.7 Å². The van der Waals surface area contributed by atoms with Gasteiger partial charge in [-0.2, -0.15) is 0 Å². The number of aryl methyl sites for hydroxylation is 1. The van der Waals surface area contributed by atoms with Crippen molar-refractivity contribution in [3.63, 3.8) is 0 Å². The number of halogens is 3. The smallest absolute Gasteiger partial charge is 0.174 e. The van der Waals surface area contributed by atoms with Gasteiger partial charge in [-0.15, -0.1) is 0 Å². The highest BCUT2D eigenvalue weighted by molar-refractivity contribution is 5.47. The zero-order chi connectivity index (χ0) is 21.1. The zero-order valence-corrected chi connectivity index (χ0v) is 17.6. The lowest BCUT2D eigenvalue weighted by Gasteiger charge is -2.36. The van der Waals surface area contributed by atoms with E-state index in [9.17, 15) is 13.2 Å². The van der Waals surface area contributed by atoms with Gasteiger partial charge in [-0.3, -0.25) is 0 Å². The van der Waals surface area contributed by atoms with Gasteiger partial charge >= 0.3 is 0 Å². The SMILES string of the molecule is CCCC1CCC(C2CCc3cc(C#Cc4cccc(F)c4F)c(F)cc3C2)CC1. The summed E-state index contributed by atoms with van der Waals surface area (Å²) in [5.41, 5.74) is 2.46. The van der Waals surface area contributed by atoms with Crippen LogP contribution in [0.5, 0.6) is 0 Å². The van der Waals surface area contributed by atoms with Gasteiger partial charge in [0.1, 0.15) is 5.82 Å². The van der Waals surface area contributed by atoms with E-state index in [4.69, 9.17) is 0 Å². The fourth-order valence-corrected chi connectivity index (χ4v) is 5.40. The molecule has 0 bridgehead atoms. The molecule has 1 atom stereocenters. The zero-order valence-electron chi connectivity index (χ0n) is 17.6. The predicted molar refractivity (Wildman–Crippen MR) is 115 cm³/mol. The van der Waals surface area contributed by atoms with Crippen LogP contribution in [0.25, 0.3) is 0 Å². The van der Waals surface area contributed by atoms with Gasteiger partial charge in [-0.05, 0) is 85.3 Å². The summed E-state index contributed by atoms with van der Waals surface area (Å²) < 4.78 is 41.8. The van der Waals surface area contributed by atoms with Crippen LogP contribution in [0.1, 0.15) is 74.1 Å². The van der Waals surface area contributed by atoms with Crippen molar-refractivity contribution >= 4 is 0 Å². The van der Waals surface area contributed by atoms with Crippen LogP contribution in [0.2, 0.25) is 0 Å². The van der Waals surface area contributed by atoms with Gasteiger partial charge < -0.3 is 0 Å². The van der Waals surface area contributed by atoms with Gasteiger partial charge in [-0.25, -0.2) is 13.2 Å². The topological polar surface area (TPSA) is 0 Å². The first-order valence-electron chi connectivity index (χ1n) is 11.3. The van der Waals surface area contributed by atoms with Crippen LogP contribution in [0.3, 0.4) is 0 Å². The molecule has 0 heterocycles. The third kappa shape index (κ3) is 4.59. The summed E-state index contributed by atoms with van der Waals surface area (Å²) in [7, 11) is 0. The van der Waals surface area contributed by atoms with Crippen molar-refractivity contribution in [2.24, 2.45) is 17.8 Å². The number of hydrogen-bond donors (Lipinski definition) is 0. The lowest BCUT2D eigenvalue weighted by atomic mass is 9.69. The Labute approximate surface area is 177 Å². The molecule has 4 rings (SSSR count). The van der Waals surface area contributed by atoms with Crippen LogP contribution in [0.15, 0.2) is 30.3 Å². The molecule has 158 valence electrons. The first-order valence-corrected chi connectivity index (χ1v) is 11.3. The molecular weight excluding hydrogens is 381 g/mol. The Morgan fingerprint density at radius 3 is 2.37 bits per heavy atom. The van der Waals surface area contributed by atoms with Crippen LogP contribution in [0.4, 0.5) is 13.2 Å². The Morgan fingerprint density at radius 2 is 1.60 bits per heavy atom. The molecule has 2 aliphatic carbocycles. The van der Waals surface area contributed by atoms with E-state index >= 15 is 0 Å². The van der Waals surface area contributed by atoms with Crippen LogP contribution < -0.4 is 0 Å². The average molecular weight is 411 g/mol. The normalized spacial score (nSPS) is 23.4.